The number of thiol groups is 1. The van der Waals surface area contributed by atoms with Crippen molar-refractivity contribution in [3.63, 3.8) is 0 Å². The number of phenolic OH excluding ortho intramolecular Hbond substituents is 1. The van der Waals surface area contributed by atoms with Crippen LogP contribution in [0.3, 0.4) is 0 Å². The van der Waals surface area contributed by atoms with Crippen molar-refractivity contribution in [3.8, 4) is 5.75 Å². The summed E-state index contributed by atoms with van der Waals surface area (Å²) in [7, 11) is 0. The van der Waals surface area contributed by atoms with E-state index in [1.165, 1.54) is 12.1 Å². The number of carbonyl (C=O) groups is 4. The second-order valence-corrected chi connectivity index (χ2v) is 7.30. The third kappa shape index (κ3) is 7.23. The minimum atomic E-state index is -1.21. The number of carbonyl (C=O) groups excluding carboxylic acids is 3. The number of phenols is 1. The number of amides is 3. The maximum Gasteiger partial charge on any atom is 0.322 e. The number of aromatic hydroxyl groups is 1. The van der Waals surface area contributed by atoms with Crippen LogP contribution in [-0.4, -0.2) is 70.9 Å². The van der Waals surface area contributed by atoms with Gasteiger partial charge < -0.3 is 31.5 Å². The van der Waals surface area contributed by atoms with Gasteiger partial charge in [-0.3, -0.25) is 19.2 Å². The molecule has 3 atom stereocenters. The van der Waals surface area contributed by atoms with Gasteiger partial charge in [0.15, 0.2) is 0 Å². The number of aliphatic carboxylic acids is 1. The average Bonchev–Trinajstić information content (AvgIpc) is 3.26. The van der Waals surface area contributed by atoms with Crippen LogP contribution in [0, 0.1) is 0 Å². The van der Waals surface area contributed by atoms with E-state index in [0.29, 0.717) is 12.0 Å². The fraction of sp³-hybridized carbons (Fsp3) is 0.474. The summed E-state index contributed by atoms with van der Waals surface area (Å²) in [4.78, 5) is 48.1. The molecule has 0 bridgehead atoms. The fourth-order valence-corrected chi connectivity index (χ4v) is 3.27. The molecule has 0 aromatic heterocycles. The lowest BCUT2D eigenvalue weighted by molar-refractivity contribution is -0.138. The third-order valence-corrected chi connectivity index (χ3v) is 4.98. The van der Waals surface area contributed by atoms with Crippen LogP contribution in [0.1, 0.15) is 18.4 Å². The van der Waals surface area contributed by atoms with Crippen LogP contribution < -0.4 is 21.3 Å². The zero-order valence-corrected chi connectivity index (χ0v) is 17.2. The minimum absolute atomic E-state index is 0.0543. The van der Waals surface area contributed by atoms with Crippen LogP contribution in [0.4, 0.5) is 0 Å². The van der Waals surface area contributed by atoms with Crippen molar-refractivity contribution in [1.29, 1.82) is 0 Å². The maximum atomic E-state index is 12.9. The van der Waals surface area contributed by atoms with Crippen molar-refractivity contribution in [3.05, 3.63) is 29.8 Å². The molecule has 10 nitrogen and oxygen atoms in total. The minimum Gasteiger partial charge on any atom is -0.508 e. The lowest BCUT2D eigenvalue weighted by Crippen LogP contribution is -2.57. The van der Waals surface area contributed by atoms with Crippen molar-refractivity contribution >= 4 is 36.3 Å². The molecule has 30 heavy (non-hydrogen) atoms. The molecule has 0 spiro atoms. The predicted molar refractivity (Wildman–Crippen MR) is 111 cm³/mol. The Hall–Kier alpha value is -2.79. The van der Waals surface area contributed by atoms with Crippen molar-refractivity contribution in [2.45, 2.75) is 37.4 Å². The van der Waals surface area contributed by atoms with Gasteiger partial charge in [0.05, 0.1) is 6.04 Å². The fourth-order valence-electron chi connectivity index (χ4n) is 3.01. The number of carboxylic acids is 1. The zero-order chi connectivity index (χ0) is 22.1. The van der Waals surface area contributed by atoms with Crippen LogP contribution in [0.5, 0.6) is 5.75 Å². The summed E-state index contributed by atoms with van der Waals surface area (Å²) in [5, 5.41) is 28.6. The second kappa shape index (κ2) is 11.4. The van der Waals surface area contributed by atoms with Crippen molar-refractivity contribution < 1.29 is 29.4 Å². The van der Waals surface area contributed by atoms with Crippen LogP contribution in [0.25, 0.3) is 0 Å². The number of hydrogen-bond donors (Lipinski definition) is 7. The monoisotopic (exact) mass is 438 g/mol. The SMILES string of the molecule is O=C(O)CNC(=O)C(CS)NC(=O)C(Cc1ccc(O)cc1)NC(=O)C1CCCN1. The molecule has 164 valence electrons. The molecule has 1 aromatic carbocycles. The van der Waals surface area contributed by atoms with E-state index in [1.807, 2.05) is 0 Å². The first kappa shape index (κ1) is 23.5. The summed E-state index contributed by atoms with van der Waals surface area (Å²) in [6.45, 7) is 0.137. The van der Waals surface area contributed by atoms with Crippen LogP contribution in [0.2, 0.25) is 0 Å². The Labute approximate surface area is 179 Å². The normalized spacial score (nSPS) is 17.6. The molecule has 0 saturated carbocycles. The number of rotatable bonds is 10. The second-order valence-electron chi connectivity index (χ2n) is 6.94. The smallest absolute Gasteiger partial charge is 0.322 e. The Morgan fingerprint density at radius 3 is 2.37 bits per heavy atom. The summed E-state index contributed by atoms with van der Waals surface area (Å²) in [5.74, 6) is -2.80. The summed E-state index contributed by atoms with van der Waals surface area (Å²) in [6.07, 6.45) is 1.66. The van der Waals surface area contributed by atoms with E-state index >= 15 is 0 Å². The molecule has 2 rings (SSSR count). The highest BCUT2D eigenvalue weighted by Crippen LogP contribution is 2.12. The molecule has 6 N–H and O–H groups in total. The largest absolute Gasteiger partial charge is 0.508 e. The average molecular weight is 439 g/mol. The lowest BCUT2D eigenvalue weighted by atomic mass is 10.0. The number of benzene rings is 1. The van der Waals surface area contributed by atoms with Crippen LogP contribution >= 0.6 is 12.6 Å². The molecule has 1 fully saturated rings. The van der Waals surface area contributed by atoms with Gasteiger partial charge in [-0.05, 0) is 37.1 Å². The van der Waals surface area contributed by atoms with E-state index in [0.717, 1.165) is 13.0 Å². The van der Waals surface area contributed by atoms with Crippen LogP contribution in [0.15, 0.2) is 24.3 Å². The van der Waals surface area contributed by atoms with Gasteiger partial charge in [0.2, 0.25) is 17.7 Å². The summed E-state index contributed by atoms with van der Waals surface area (Å²) >= 11 is 4.05. The quantitative estimate of drug-likeness (QED) is 0.226. The zero-order valence-electron chi connectivity index (χ0n) is 16.3. The molecule has 11 heteroatoms. The molecule has 3 unspecified atom stereocenters. The summed E-state index contributed by atoms with van der Waals surface area (Å²) < 4.78 is 0. The first-order chi connectivity index (χ1) is 14.3. The van der Waals surface area contributed by atoms with Crippen molar-refractivity contribution in [1.82, 2.24) is 21.3 Å². The molecular weight excluding hydrogens is 412 g/mol. The van der Waals surface area contributed by atoms with E-state index < -0.39 is 36.4 Å². The number of hydrogen-bond acceptors (Lipinski definition) is 7. The Balaban J connectivity index is 2.09. The maximum absolute atomic E-state index is 12.9. The molecule has 1 saturated heterocycles. The molecule has 1 aliphatic rings. The van der Waals surface area contributed by atoms with Gasteiger partial charge in [-0.15, -0.1) is 0 Å². The van der Waals surface area contributed by atoms with Crippen LogP contribution in [-0.2, 0) is 25.6 Å². The number of carboxylic acid groups (broad SMARTS) is 1. The highest BCUT2D eigenvalue weighted by molar-refractivity contribution is 7.80. The van der Waals surface area contributed by atoms with Gasteiger partial charge in [-0.1, -0.05) is 12.1 Å². The Bertz CT molecular complexity index is 767. The molecule has 3 amide bonds. The topological polar surface area (TPSA) is 157 Å². The molecule has 1 heterocycles. The van der Waals surface area contributed by atoms with E-state index in [9.17, 15) is 24.3 Å². The Morgan fingerprint density at radius 1 is 1.10 bits per heavy atom. The van der Waals surface area contributed by atoms with Gasteiger partial charge >= 0.3 is 5.97 Å². The number of nitrogens with one attached hydrogen (secondary N) is 4. The van der Waals surface area contributed by atoms with E-state index in [2.05, 4.69) is 33.9 Å². The molecule has 1 aliphatic heterocycles. The van der Waals surface area contributed by atoms with Gasteiger partial charge in [0, 0.05) is 12.2 Å². The van der Waals surface area contributed by atoms with Gasteiger partial charge in [0.25, 0.3) is 0 Å². The predicted octanol–water partition coefficient (Wildman–Crippen LogP) is -1.21. The first-order valence-corrected chi connectivity index (χ1v) is 10.2. The van der Waals surface area contributed by atoms with Crippen molar-refractivity contribution in [2.24, 2.45) is 0 Å². The van der Waals surface area contributed by atoms with E-state index in [-0.39, 0.29) is 29.9 Å². The van der Waals surface area contributed by atoms with Crippen molar-refractivity contribution in [2.75, 3.05) is 18.8 Å². The molecule has 0 radical (unpaired) electrons. The van der Waals surface area contributed by atoms with E-state index in [1.54, 1.807) is 12.1 Å². The molecule has 0 aliphatic carbocycles. The van der Waals surface area contributed by atoms with E-state index in [4.69, 9.17) is 5.11 Å². The molecule has 1 aromatic rings. The van der Waals surface area contributed by atoms with Gasteiger partial charge in [-0.25, -0.2) is 0 Å². The third-order valence-electron chi connectivity index (χ3n) is 4.62. The highest BCUT2D eigenvalue weighted by atomic mass is 32.1. The standard InChI is InChI=1S/C19H26N4O6S/c24-12-5-3-11(4-6-12)8-14(22-18(28)13-2-1-7-20-13)19(29)23-15(10-30)17(27)21-9-16(25)26/h3-6,13-15,20,24,30H,1-2,7-10H2,(H,21,27)(H,22,28)(H,23,29)(H,25,26). The summed E-state index contributed by atoms with van der Waals surface area (Å²) in [5.41, 5.74) is 0.699. The first-order valence-electron chi connectivity index (χ1n) is 9.52. The highest BCUT2D eigenvalue weighted by Gasteiger charge is 2.29. The lowest BCUT2D eigenvalue weighted by Gasteiger charge is -2.23. The summed E-state index contributed by atoms with van der Waals surface area (Å²) in [6, 6.07) is 3.78. The van der Waals surface area contributed by atoms with Gasteiger partial charge in [0.1, 0.15) is 24.4 Å². The molecular formula is C19H26N4O6S. The Morgan fingerprint density at radius 2 is 1.80 bits per heavy atom. The van der Waals surface area contributed by atoms with Gasteiger partial charge in [-0.2, -0.15) is 12.6 Å². The Kier molecular flexibility index (Phi) is 8.93.